The fourth-order valence-corrected chi connectivity index (χ4v) is 3.65. The number of aromatic nitrogens is 2. The van der Waals surface area contributed by atoms with Gasteiger partial charge in [0.1, 0.15) is 0 Å². The third-order valence-corrected chi connectivity index (χ3v) is 5.04. The molecule has 2 saturated heterocycles. The van der Waals surface area contributed by atoms with Crippen LogP contribution in [0.1, 0.15) is 32.1 Å². The molecule has 6 heteroatoms. The molecule has 22 heavy (non-hydrogen) atoms. The molecule has 3 rings (SSSR count). The molecule has 2 aliphatic rings. The van der Waals surface area contributed by atoms with E-state index >= 15 is 0 Å². The van der Waals surface area contributed by atoms with Crippen LogP contribution in [0.4, 0.5) is 0 Å². The molecule has 2 amide bonds. The quantitative estimate of drug-likeness (QED) is 0.838. The fourth-order valence-electron chi connectivity index (χ4n) is 3.65. The van der Waals surface area contributed by atoms with E-state index in [-0.39, 0.29) is 17.2 Å². The highest BCUT2D eigenvalue weighted by Crippen LogP contribution is 2.40. The van der Waals surface area contributed by atoms with Gasteiger partial charge in [0.15, 0.2) is 0 Å². The summed E-state index contributed by atoms with van der Waals surface area (Å²) in [4.78, 5) is 27.8. The van der Waals surface area contributed by atoms with E-state index in [0.717, 1.165) is 45.4 Å². The molecule has 0 unspecified atom stereocenters. The van der Waals surface area contributed by atoms with Crippen LogP contribution in [0.25, 0.3) is 0 Å². The van der Waals surface area contributed by atoms with Gasteiger partial charge in [0.25, 0.3) is 0 Å². The lowest BCUT2D eigenvalue weighted by molar-refractivity contribution is -0.133. The minimum atomic E-state index is 0.123. The molecule has 6 nitrogen and oxygen atoms in total. The summed E-state index contributed by atoms with van der Waals surface area (Å²) in [5.74, 6) is 0.485. The van der Waals surface area contributed by atoms with Crippen molar-refractivity contribution in [1.82, 2.24) is 19.6 Å². The Hall–Kier alpha value is -1.85. The Morgan fingerprint density at radius 2 is 2.14 bits per heavy atom. The highest BCUT2D eigenvalue weighted by Gasteiger charge is 2.43. The highest BCUT2D eigenvalue weighted by molar-refractivity contribution is 5.79. The van der Waals surface area contributed by atoms with Gasteiger partial charge < -0.3 is 9.80 Å². The van der Waals surface area contributed by atoms with Crippen molar-refractivity contribution < 1.29 is 9.59 Å². The molecular formula is C16H24N4O2. The number of amides is 2. The highest BCUT2D eigenvalue weighted by atomic mass is 16.2. The van der Waals surface area contributed by atoms with Gasteiger partial charge in [0.2, 0.25) is 11.8 Å². The Bertz CT molecular complexity index is 532. The molecule has 120 valence electrons. The van der Waals surface area contributed by atoms with Crippen LogP contribution in [0.2, 0.25) is 0 Å². The van der Waals surface area contributed by atoms with E-state index in [9.17, 15) is 9.59 Å². The van der Waals surface area contributed by atoms with Crippen molar-refractivity contribution >= 4 is 11.8 Å². The molecular weight excluding hydrogens is 280 g/mol. The van der Waals surface area contributed by atoms with Gasteiger partial charge in [0.05, 0.1) is 0 Å². The van der Waals surface area contributed by atoms with Gasteiger partial charge in [-0.3, -0.25) is 14.3 Å². The summed E-state index contributed by atoms with van der Waals surface area (Å²) >= 11 is 0. The molecule has 3 heterocycles. The van der Waals surface area contributed by atoms with Gasteiger partial charge in [-0.2, -0.15) is 5.10 Å². The molecule has 0 aromatic carbocycles. The number of hydrogen-bond acceptors (Lipinski definition) is 3. The second kappa shape index (κ2) is 6.10. The third kappa shape index (κ3) is 3.15. The summed E-state index contributed by atoms with van der Waals surface area (Å²) in [6.45, 7) is 3.23. The number of aryl methyl sites for hydroxylation is 1. The number of carbonyl (C=O) groups is 2. The average molecular weight is 304 g/mol. The summed E-state index contributed by atoms with van der Waals surface area (Å²) in [6.07, 6.45) is 7.64. The number of rotatable bonds is 4. The van der Waals surface area contributed by atoms with Crippen LogP contribution in [0, 0.1) is 5.41 Å². The zero-order chi connectivity index (χ0) is 15.6. The summed E-state index contributed by atoms with van der Waals surface area (Å²) < 4.78 is 1.86. The van der Waals surface area contributed by atoms with Gasteiger partial charge in [-0.05, 0) is 25.3 Å². The van der Waals surface area contributed by atoms with E-state index in [2.05, 4.69) is 5.10 Å². The summed E-state index contributed by atoms with van der Waals surface area (Å²) in [7, 11) is 1.88. The third-order valence-electron chi connectivity index (χ3n) is 5.04. The first kappa shape index (κ1) is 15.1. The van der Waals surface area contributed by atoms with Crippen molar-refractivity contribution in [3.63, 3.8) is 0 Å². The lowest BCUT2D eigenvalue weighted by Gasteiger charge is -2.38. The monoisotopic (exact) mass is 304 g/mol. The smallest absolute Gasteiger partial charge is 0.222 e. The average Bonchev–Trinajstić information content (AvgIpc) is 3.09. The molecule has 0 saturated carbocycles. The minimum Gasteiger partial charge on any atom is -0.345 e. The van der Waals surface area contributed by atoms with Gasteiger partial charge >= 0.3 is 0 Å². The van der Waals surface area contributed by atoms with E-state index < -0.39 is 0 Å². The largest absolute Gasteiger partial charge is 0.345 e. The Morgan fingerprint density at radius 3 is 2.73 bits per heavy atom. The summed E-state index contributed by atoms with van der Waals surface area (Å²) in [5, 5.41) is 4.14. The topological polar surface area (TPSA) is 58.4 Å². The second-order valence-corrected chi connectivity index (χ2v) is 6.68. The summed E-state index contributed by atoms with van der Waals surface area (Å²) in [6, 6.07) is 1.89. The minimum absolute atomic E-state index is 0.123. The van der Waals surface area contributed by atoms with Gasteiger partial charge in [-0.1, -0.05) is 0 Å². The number of hydrogen-bond donors (Lipinski definition) is 0. The van der Waals surface area contributed by atoms with Crippen LogP contribution in [-0.4, -0.2) is 58.1 Å². The lowest BCUT2D eigenvalue weighted by Crippen LogP contribution is -2.44. The summed E-state index contributed by atoms with van der Waals surface area (Å²) in [5.41, 5.74) is 0.123. The number of likely N-dealkylation sites (tertiary alicyclic amines) is 2. The van der Waals surface area contributed by atoms with Crippen LogP contribution >= 0.6 is 0 Å². The zero-order valence-corrected chi connectivity index (χ0v) is 13.2. The van der Waals surface area contributed by atoms with Gasteiger partial charge in [-0.15, -0.1) is 0 Å². The molecule has 1 aromatic rings. The number of piperidine rings is 1. The van der Waals surface area contributed by atoms with E-state index in [4.69, 9.17) is 0 Å². The van der Waals surface area contributed by atoms with Crippen molar-refractivity contribution in [2.24, 2.45) is 5.41 Å². The van der Waals surface area contributed by atoms with Crippen LogP contribution in [0.5, 0.6) is 0 Å². The molecule has 0 radical (unpaired) electrons. The molecule has 0 atom stereocenters. The molecule has 2 fully saturated rings. The fraction of sp³-hybridized carbons (Fsp3) is 0.688. The van der Waals surface area contributed by atoms with E-state index in [0.29, 0.717) is 12.8 Å². The van der Waals surface area contributed by atoms with Crippen molar-refractivity contribution in [2.45, 2.75) is 38.6 Å². The maximum Gasteiger partial charge on any atom is 0.222 e. The number of carbonyl (C=O) groups excluding carboxylic acids is 2. The first-order chi connectivity index (χ1) is 10.6. The van der Waals surface area contributed by atoms with E-state index in [1.54, 1.807) is 6.20 Å². The Labute approximate surface area is 131 Å². The molecule has 0 N–H and O–H groups in total. The number of nitrogens with zero attached hydrogens (tertiary/aromatic N) is 4. The molecule has 0 bridgehead atoms. The molecule has 1 spiro atoms. The SMILES string of the molecule is CN1CC2(CCN(C(=O)CCCn3cccn3)CC2)CC1=O. The Morgan fingerprint density at radius 1 is 1.36 bits per heavy atom. The molecule has 1 aromatic heterocycles. The molecule has 0 aliphatic carbocycles. The lowest BCUT2D eigenvalue weighted by atomic mass is 9.77. The van der Waals surface area contributed by atoms with Crippen LogP contribution in [0.15, 0.2) is 18.5 Å². The van der Waals surface area contributed by atoms with Gasteiger partial charge in [-0.25, -0.2) is 0 Å². The standard InChI is InChI=1S/C16H24N4O2/c1-18-13-16(12-15(18)22)5-10-19(11-6-16)14(21)4-2-8-20-9-3-7-17-20/h3,7,9H,2,4-6,8,10-13H2,1H3. The van der Waals surface area contributed by atoms with Gasteiger partial charge in [0, 0.05) is 63.9 Å². The first-order valence-corrected chi connectivity index (χ1v) is 8.07. The van der Waals surface area contributed by atoms with Crippen molar-refractivity contribution in [3.8, 4) is 0 Å². The predicted octanol–water partition coefficient (Wildman–Crippen LogP) is 1.13. The Balaban J connectivity index is 1.43. The van der Waals surface area contributed by atoms with E-state index in [1.807, 2.05) is 33.8 Å². The maximum absolute atomic E-state index is 12.3. The van der Waals surface area contributed by atoms with Crippen molar-refractivity contribution in [3.05, 3.63) is 18.5 Å². The maximum atomic E-state index is 12.3. The molecule has 2 aliphatic heterocycles. The predicted molar refractivity (Wildman–Crippen MR) is 82.0 cm³/mol. The second-order valence-electron chi connectivity index (χ2n) is 6.68. The van der Waals surface area contributed by atoms with E-state index in [1.165, 1.54) is 0 Å². The van der Waals surface area contributed by atoms with Crippen molar-refractivity contribution in [2.75, 3.05) is 26.7 Å². The zero-order valence-electron chi connectivity index (χ0n) is 13.2. The van der Waals surface area contributed by atoms with Crippen LogP contribution < -0.4 is 0 Å². The van der Waals surface area contributed by atoms with Crippen LogP contribution in [-0.2, 0) is 16.1 Å². The Kier molecular flexibility index (Phi) is 4.18. The van der Waals surface area contributed by atoms with Crippen LogP contribution in [0.3, 0.4) is 0 Å². The first-order valence-electron chi connectivity index (χ1n) is 8.07. The van der Waals surface area contributed by atoms with Crippen molar-refractivity contribution in [1.29, 1.82) is 0 Å². The normalized spacial score (nSPS) is 20.9.